The molecule has 2 N–H and O–H groups in total. The van der Waals surface area contributed by atoms with Gasteiger partial charge in [-0.3, -0.25) is 9.59 Å². The normalized spacial score (nSPS) is 16.0. The van der Waals surface area contributed by atoms with Crippen LogP contribution in [-0.4, -0.2) is 18.2 Å². The fourth-order valence-corrected chi connectivity index (χ4v) is 1.86. The van der Waals surface area contributed by atoms with Crippen molar-refractivity contribution in [3.05, 3.63) is 23.3 Å². The maximum atomic E-state index is 11.6. The third-order valence-corrected chi connectivity index (χ3v) is 3.04. The topological polar surface area (TPSA) is 63.4 Å². The molecule has 1 aromatic carbocycles. The number of nitrogen functional groups attached to an aromatic ring is 1. The Bertz CT molecular complexity index is 480. The Morgan fingerprint density at radius 3 is 2.50 bits per heavy atom. The van der Waals surface area contributed by atoms with Gasteiger partial charge in [0.1, 0.15) is 0 Å². The molecule has 0 saturated carbocycles. The van der Waals surface area contributed by atoms with Crippen LogP contribution >= 0.6 is 0 Å². The van der Waals surface area contributed by atoms with Crippen LogP contribution in [0, 0.1) is 13.8 Å². The van der Waals surface area contributed by atoms with Gasteiger partial charge in [-0.1, -0.05) is 6.07 Å². The molecule has 2 rings (SSSR count). The number of amides is 1. The molecule has 16 heavy (non-hydrogen) atoms. The third kappa shape index (κ3) is 1.56. The molecule has 0 aromatic heterocycles. The smallest absolute Gasteiger partial charge is 0.234 e. The second-order valence-corrected chi connectivity index (χ2v) is 4.14. The lowest BCUT2D eigenvalue weighted by Gasteiger charge is -2.19. The van der Waals surface area contributed by atoms with Gasteiger partial charge >= 0.3 is 0 Å². The second kappa shape index (κ2) is 3.63. The number of hydrogen-bond donors (Lipinski definition) is 1. The van der Waals surface area contributed by atoms with Crippen LogP contribution < -0.4 is 10.6 Å². The highest BCUT2D eigenvalue weighted by Gasteiger charge is 2.29. The highest BCUT2D eigenvalue weighted by atomic mass is 16.2. The average molecular weight is 218 g/mol. The van der Waals surface area contributed by atoms with Crippen molar-refractivity contribution in [2.75, 3.05) is 17.2 Å². The van der Waals surface area contributed by atoms with E-state index in [-0.39, 0.29) is 24.7 Å². The van der Waals surface area contributed by atoms with E-state index in [2.05, 4.69) is 0 Å². The molecule has 0 bridgehead atoms. The summed E-state index contributed by atoms with van der Waals surface area (Å²) in [6.45, 7) is 4.02. The molecule has 0 spiro atoms. The van der Waals surface area contributed by atoms with Crippen LogP contribution in [0.1, 0.15) is 17.5 Å². The Kier molecular flexibility index (Phi) is 2.42. The summed E-state index contributed by atoms with van der Waals surface area (Å²) < 4.78 is 0. The molecule has 1 aliphatic rings. The van der Waals surface area contributed by atoms with Crippen LogP contribution in [-0.2, 0) is 9.59 Å². The summed E-state index contributed by atoms with van der Waals surface area (Å²) in [5, 5.41) is 0. The van der Waals surface area contributed by atoms with Crippen LogP contribution in [0.5, 0.6) is 0 Å². The van der Waals surface area contributed by atoms with Crippen molar-refractivity contribution < 1.29 is 9.59 Å². The first-order valence-electron chi connectivity index (χ1n) is 5.18. The summed E-state index contributed by atoms with van der Waals surface area (Å²) in [5.74, 6) is -0.220. The zero-order chi connectivity index (χ0) is 11.9. The molecule has 0 unspecified atom stereocenters. The number of carbonyl (C=O) groups is 2. The van der Waals surface area contributed by atoms with Gasteiger partial charge < -0.3 is 10.6 Å². The standard InChI is InChI=1S/C12H14N2O2/c1-7-3-4-10(12(13)8(7)2)14-6-9(15)5-11(14)16/h3-4H,5-6,13H2,1-2H3. The molecule has 4 heteroatoms. The quantitative estimate of drug-likeness (QED) is 0.569. The lowest BCUT2D eigenvalue weighted by molar-refractivity contribution is -0.121. The number of aryl methyl sites for hydroxylation is 1. The molecule has 0 radical (unpaired) electrons. The maximum absolute atomic E-state index is 11.6. The molecule has 4 nitrogen and oxygen atoms in total. The Morgan fingerprint density at radius 1 is 1.25 bits per heavy atom. The second-order valence-electron chi connectivity index (χ2n) is 4.14. The Morgan fingerprint density at radius 2 is 1.94 bits per heavy atom. The first-order valence-corrected chi connectivity index (χ1v) is 5.18. The van der Waals surface area contributed by atoms with Gasteiger partial charge in [0, 0.05) is 0 Å². The minimum atomic E-state index is -0.167. The number of nitrogens with two attached hydrogens (primary N) is 1. The van der Waals surface area contributed by atoms with Crippen LogP contribution in [0.4, 0.5) is 11.4 Å². The number of ketones is 1. The number of benzene rings is 1. The summed E-state index contributed by atoms with van der Waals surface area (Å²) in [6.07, 6.45) is -0.00758. The van der Waals surface area contributed by atoms with Gasteiger partial charge in [-0.15, -0.1) is 0 Å². The van der Waals surface area contributed by atoms with Crippen molar-refractivity contribution in [3.63, 3.8) is 0 Å². The minimum Gasteiger partial charge on any atom is -0.397 e. The van der Waals surface area contributed by atoms with Gasteiger partial charge in [0.25, 0.3) is 0 Å². The average Bonchev–Trinajstić information content (AvgIpc) is 2.55. The third-order valence-electron chi connectivity index (χ3n) is 3.04. The highest BCUT2D eigenvalue weighted by Crippen LogP contribution is 2.30. The van der Waals surface area contributed by atoms with Crippen molar-refractivity contribution in [3.8, 4) is 0 Å². The van der Waals surface area contributed by atoms with Gasteiger partial charge in [0.05, 0.1) is 24.3 Å². The summed E-state index contributed by atoms with van der Waals surface area (Å²) in [7, 11) is 0. The molecule has 1 aromatic rings. The van der Waals surface area contributed by atoms with Gasteiger partial charge in [-0.05, 0) is 31.0 Å². The molecule has 0 aliphatic carbocycles. The molecule has 1 aliphatic heterocycles. The van der Waals surface area contributed by atoms with Crippen molar-refractivity contribution in [2.45, 2.75) is 20.3 Å². The fraction of sp³-hybridized carbons (Fsp3) is 0.333. The lowest BCUT2D eigenvalue weighted by Crippen LogP contribution is -2.25. The van der Waals surface area contributed by atoms with E-state index in [9.17, 15) is 9.59 Å². The number of hydrogen-bond acceptors (Lipinski definition) is 3. The van der Waals surface area contributed by atoms with Crippen molar-refractivity contribution in [2.24, 2.45) is 0 Å². The van der Waals surface area contributed by atoms with Crippen LogP contribution in [0.25, 0.3) is 0 Å². The number of anilines is 2. The monoisotopic (exact) mass is 218 g/mol. The molecule has 1 fully saturated rings. The first kappa shape index (κ1) is 10.7. The summed E-state index contributed by atoms with van der Waals surface area (Å²) in [4.78, 5) is 24.2. The number of nitrogens with zero attached hydrogens (tertiary/aromatic N) is 1. The Labute approximate surface area is 94.0 Å². The van der Waals surface area contributed by atoms with Crippen LogP contribution in [0.2, 0.25) is 0 Å². The SMILES string of the molecule is Cc1ccc(N2CC(=O)CC2=O)c(N)c1C. The van der Waals surface area contributed by atoms with Gasteiger partial charge in [0.2, 0.25) is 5.91 Å². The number of carbonyl (C=O) groups excluding carboxylic acids is 2. The Hall–Kier alpha value is -1.84. The molecule has 84 valence electrons. The van der Waals surface area contributed by atoms with E-state index in [0.717, 1.165) is 11.1 Å². The van der Waals surface area contributed by atoms with E-state index in [1.807, 2.05) is 19.9 Å². The molecule has 1 heterocycles. The van der Waals surface area contributed by atoms with E-state index < -0.39 is 0 Å². The summed E-state index contributed by atoms with van der Waals surface area (Å²) in [6, 6.07) is 3.71. The summed E-state index contributed by atoms with van der Waals surface area (Å²) >= 11 is 0. The molecule has 0 atom stereocenters. The first-order chi connectivity index (χ1) is 7.50. The highest BCUT2D eigenvalue weighted by molar-refractivity contribution is 6.16. The van der Waals surface area contributed by atoms with Crippen molar-refractivity contribution >= 4 is 23.1 Å². The van der Waals surface area contributed by atoms with E-state index in [1.54, 1.807) is 6.07 Å². The van der Waals surface area contributed by atoms with Gasteiger partial charge in [0.15, 0.2) is 5.78 Å². The van der Waals surface area contributed by atoms with Crippen molar-refractivity contribution in [1.29, 1.82) is 0 Å². The van der Waals surface area contributed by atoms with E-state index in [0.29, 0.717) is 11.4 Å². The van der Waals surface area contributed by atoms with E-state index in [4.69, 9.17) is 5.73 Å². The van der Waals surface area contributed by atoms with E-state index >= 15 is 0 Å². The maximum Gasteiger partial charge on any atom is 0.234 e. The van der Waals surface area contributed by atoms with Crippen LogP contribution in [0.3, 0.4) is 0 Å². The fourth-order valence-electron chi connectivity index (χ4n) is 1.86. The van der Waals surface area contributed by atoms with E-state index in [1.165, 1.54) is 4.90 Å². The zero-order valence-corrected chi connectivity index (χ0v) is 9.41. The van der Waals surface area contributed by atoms with Crippen molar-refractivity contribution in [1.82, 2.24) is 0 Å². The largest absolute Gasteiger partial charge is 0.397 e. The van der Waals surface area contributed by atoms with Crippen LogP contribution in [0.15, 0.2) is 12.1 Å². The predicted octanol–water partition coefficient (Wildman–Crippen LogP) is 1.19. The minimum absolute atomic E-state index is 0.00758. The van der Waals surface area contributed by atoms with Gasteiger partial charge in [-0.25, -0.2) is 0 Å². The molecule has 1 saturated heterocycles. The molecule has 1 amide bonds. The predicted molar refractivity (Wildman–Crippen MR) is 62.3 cm³/mol. The van der Waals surface area contributed by atoms with Gasteiger partial charge in [-0.2, -0.15) is 0 Å². The molecular weight excluding hydrogens is 204 g/mol. The number of rotatable bonds is 1. The molecular formula is C12H14N2O2. The zero-order valence-electron chi connectivity index (χ0n) is 9.41. The number of Topliss-reactive ketones (excluding diaryl/α,β-unsaturated/α-hetero) is 1. The summed E-state index contributed by atoms with van der Waals surface area (Å²) in [5.41, 5.74) is 9.25. The Balaban J connectivity index is 2.45. The lowest BCUT2D eigenvalue weighted by atomic mass is 10.1.